The number of hydrogen-bond acceptors (Lipinski definition) is 2. The Morgan fingerprint density at radius 2 is 1.91 bits per heavy atom. The van der Waals surface area contributed by atoms with Crippen molar-refractivity contribution >= 4 is 12.0 Å². The molecule has 0 saturated heterocycles. The van der Waals surface area contributed by atoms with Crippen molar-refractivity contribution in [2.75, 3.05) is 13.6 Å². The average Bonchev–Trinajstić information content (AvgIpc) is 3.23. The van der Waals surface area contributed by atoms with Crippen LogP contribution in [0.4, 0.5) is 18.0 Å². The number of urea groups is 1. The second-order valence-corrected chi connectivity index (χ2v) is 5.82. The molecule has 126 valence electrons. The maximum Gasteiger partial charge on any atom is 0.317 e. The van der Waals surface area contributed by atoms with E-state index in [1.165, 1.54) is 18.9 Å². The van der Waals surface area contributed by atoms with Gasteiger partial charge >= 0.3 is 12.0 Å². The molecule has 1 aromatic carbocycles. The van der Waals surface area contributed by atoms with Gasteiger partial charge in [-0.05, 0) is 24.1 Å². The molecule has 0 aromatic heterocycles. The minimum atomic E-state index is -1.52. The molecule has 2 N–H and O–H groups in total. The Bertz CT molecular complexity index is 615. The molecule has 1 fully saturated rings. The van der Waals surface area contributed by atoms with Crippen LogP contribution in [0.3, 0.4) is 0 Å². The standard InChI is InChI=1S/C15H17F3N2O3/c1-7(14(21)22)6-20(2)15(23)19-12-5-9(12)8-3-10(16)13(18)11(17)4-8/h3-4,7,9,12H,5-6H2,1-2H3,(H,19,23)(H,21,22)/t7?,9-,12+/m0/s1. The molecular weight excluding hydrogens is 313 g/mol. The first-order valence-electron chi connectivity index (χ1n) is 7.09. The Balaban J connectivity index is 1.92. The van der Waals surface area contributed by atoms with E-state index in [0.717, 1.165) is 12.1 Å². The molecule has 2 rings (SSSR count). The molecule has 1 aromatic rings. The highest BCUT2D eigenvalue weighted by molar-refractivity contribution is 5.76. The summed E-state index contributed by atoms with van der Waals surface area (Å²) in [5.74, 6) is -6.03. The van der Waals surface area contributed by atoms with Crippen molar-refractivity contribution in [2.45, 2.75) is 25.3 Å². The molecule has 0 bridgehead atoms. The van der Waals surface area contributed by atoms with E-state index in [9.17, 15) is 22.8 Å². The van der Waals surface area contributed by atoms with Crippen LogP contribution < -0.4 is 5.32 Å². The number of halogens is 3. The summed E-state index contributed by atoms with van der Waals surface area (Å²) >= 11 is 0. The highest BCUT2D eigenvalue weighted by Crippen LogP contribution is 2.41. The molecule has 0 aliphatic heterocycles. The van der Waals surface area contributed by atoms with Crippen LogP contribution in [0.15, 0.2) is 12.1 Å². The molecule has 1 saturated carbocycles. The zero-order valence-electron chi connectivity index (χ0n) is 12.6. The van der Waals surface area contributed by atoms with E-state index in [0.29, 0.717) is 6.42 Å². The summed E-state index contributed by atoms with van der Waals surface area (Å²) in [5.41, 5.74) is 0.285. The van der Waals surface area contributed by atoms with Gasteiger partial charge in [0.15, 0.2) is 17.5 Å². The summed E-state index contributed by atoms with van der Waals surface area (Å²) in [6.45, 7) is 1.52. The van der Waals surface area contributed by atoms with E-state index in [1.807, 2.05) is 0 Å². The number of carboxylic acid groups (broad SMARTS) is 1. The van der Waals surface area contributed by atoms with Crippen LogP contribution in [-0.2, 0) is 4.79 Å². The predicted octanol–water partition coefficient (Wildman–Crippen LogP) is 2.32. The highest BCUT2D eigenvalue weighted by atomic mass is 19.2. The van der Waals surface area contributed by atoms with Gasteiger partial charge in [0.05, 0.1) is 5.92 Å². The molecular formula is C15H17F3N2O3. The molecule has 0 radical (unpaired) electrons. The van der Waals surface area contributed by atoms with Crippen LogP contribution in [0.2, 0.25) is 0 Å². The lowest BCUT2D eigenvalue weighted by Crippen LogP contribution is -2.42. The zero-order valence-corrected chi connectivity index (χ0v) is 12.6. The fourth-order valence-corrected chi connectivity index (χ4v) is 2.35. The average molecular weight is 330 g/mol. The van der Waals surface area contributed by atoms with Crippen molar-refractivity contribution in [2.24, 2.45) is 5.92 Å². The minimum absolute atomic E-state index is 0.0400. The molecule has 23 heavy (non-hydrogen) atoms. The highest BCUT2D eigenvalue weighted by Gasteiger charge is 2.41. The molecule has 1 aliphatic carbocycles. The number of hydrogen-bond donors (Lipinski definition) is 2. The molecule has 0 spiro atoms. The van der Waals surface area contributed by atoms with E-state index >= 15 is 0 Å². The van der Waals surface area contributed by atoms with Crippen LogP contribution in [0.5, 0.6) is 0 Å². The summed E-state index contributed by atoms with van der Waals surface area (Å²) in [5, 5.41) is 11.5. The second-order valence-electron chi connectivity index (χ2n) is 5.82. The van der Waals surface area contributed by atoms with Crippen LogP contribution >= 0.6 is 0 Å². The maximum absolute atomic E-state index is 13.2. The third-order valence-electron chi connectivity index (χ3n) is 3.85. The summed E-state index contributed by atoms with van der Waals surface area (Å²) in [7, 11) is 1.46. The summed E-state index contributed by atoms with van der Waals surface area (Å²) in [6.07, 6.45) is 0.485. The lowest BCUT2D eigenvalue weighted by molar-refractivity contribution is -0.141. The summed E-state index contributed by atoms with van der Waals surface area (Å²) in [6, 6.07) is 1.07. The van der Waals surface area contributed by atoms with Crippen molar-refractivity contribution in [1.82, 2.24) is 10.2 Å². The van der Waals surface area contributed by atoms with Gasteiger partial charge in [0, 0.05) is 25.6 Å². The fourth-order valence-electron chi connectivity index (χ4n) is 2.35. The summed E-state index contributed by atoms with van der Waals surface area (Å²) < 4.78 is 39.3. The lowest BCUT2D eigenvalue weighted by Gasteiger charge is -2.20. The number of carbonyl (C=O) groups is 2. The topological polar surface area (TPSA) is 69.6 Å². The number of carbonyl (C=O) groups excluding carboxylic acids is 1. The Morgan fingerprint density at radius 1 is 1.35 bits per heavy atom. The number of nitrogens with one attached hydrogen (secondary N) is 1. The number of carboxylic acids is 1. The number of benzene rings is 1. The van der Waals surface area contributed by atoms with E-state index in [4.69, 9.17) is 5.11 Å². The Kier molecular flexibility index (Phi) is 4.82. The minimum Gasteiger partial charge on any atom is -0.481 e. The number of amides is 2. The molecule has 8 heteroatoms. The van der Waals surface area contributed by atoms with Gasteiger partial charge in [-0.2, -0.15) is 0 Å². The van der Waals surface area contributed by atoms with Crippen molar-refractivity contribution in [1.29, 1.82) is 0 Å². The van der Waals surface area contributed by atoms with E-state index in [1.54, 1.807) is 0 Å². The first-order chi connectivity index (χ1) is 10.7. The lowest BCUT2D eigenvalue weighted by atomic mass is 10.1. The predicted molar refractivity (Wildman–Crippen MR) is 75.4 cm³/mol. The fraction of sp³-hybridized carbons (Fsp3) is 0.467. The van der Waals surface area contributed by atoms with Gasteiger partial charge in [0.2, 0.25) is 0 Å². The van der Waals surface area contributed by atoms with Crippen LogP contribution in [0.1, 0.15) is 24.8 Å². The van der Waals surface area contributed by atoms with Gasteiger partial charge < -0.3 is 15.3 Å². The van der Waals surface area contributed by atoms with Gasteiger partial charge in [-0.15, -0.1) is 0 Å². The van der Waals surface area contributed by atoms with Crippen LogP contribution in [0.25, 0.3) is 0 Å². The van der Waals surface area contributed by atoms with Gasteiger partial charge in [-0.1, -0.05) is 6.92 Å². The van der Waals surface area contributed by atoms with Crippen molar-refractivity contribution in [3.63, 3.8) is 0 Å². The monoisotopic (exact) mass is 330 g/mol. The normalized spacial score (nSPS) is 20.7. The molecule has 0 heterocycles. The van der Waals surface area contributed by atoms with Crippen molar-refractivity contribution in [3.8, 4) is 0 Å². The largest absolute Gasteiger partial charge is 0.481 e. The first-order valence-corrected chi connectivity index (χ1v) is 7.09. The SMILES string of the molecule is CC(CN(C)C(=O)N[C@@H]1C[C@H]1c1cc(F)c(F)c(F)c1)C(=O)O. The molecule has 5 nitrogen and oxygen atoms in total. The quantitative estimate of drug-likeness (QED) is 0.814. The first kappa shape index (κ1) is 17.1. The molecule has 1 unspecified atom stereocenters. The summed E-state index contributed by atoms with van der Waals surface area (Å²) in [4.78, 5) is 23.9. The number of rotatable bonds is 5. The number of aliphatic carboxylic acids is 1. The smallest absolute Gasteiger partial charge is 0.317 e. The molecule has 1 aliphatic rings. The Labute approximate surface area is 131 Å². The Morgan fingerprint density at radius 3 is 2.43 bits per heavy atom. The maximum atomic E-state index is 13.2. The van der Waals surface area contributed by atoms with Crippen molar-refractivity contribution in [3.05, 3.63) is 35.1 Å². The van der Waals surface area contributed by atoms with Gasteiger partial charge in [-0.3, -0.25) is 4.79 Å². The van der Waals surface area contributed by atoms with E-state index in [2.05, 4.69) is 5.32 Å². The number of nitrogens with zero attached hydrogens (tertiary/aromatic N) is 1. The van der Waals surface area contributed by atoms with Crippen LogP contribution in [0, 0.1) is 23.4 Å². The molecule has 2 amide bonds. The third kappa shape index (κ3) is 3.94. The zero-order chi connectivity index (χ0) is 17.3. The van der Waals surface area contributed by atoms with Crippen molar-refractivity contribution < 1.29 is 27.9 Å². The Hall–Kier alpha value is -2.25. The van der Waals surface area contributed by atoms with Crippen LogP contribution in [-0.4, -0.2) is 41.6 Å². The van der Waals surface area contributed by atoms with Gasteiger partial charge in [0.1, 0.15) is 0 Å². The second kappa shape index (κ2) is 6.47. The molecule has 3 atom stereocenters. The van der Waals surface area contributed by atoms with E-state index in [-0.39, 0.29) is 24.1 Å². The third-order valence-corrected chi connectivity index (χ3v) is 3.85. The van der Waals surface area contributed by atoms with Gasteiger partial charge in [-0.25, -0.2) is 18.0 Å². The van der Waals surface area contributed by atoms with Gasteiger partial charge in [0.25, 0.3) is 0 Å². The van der Waals surface area contributed by atoms with E-state index < -0.39 is 35.4 Å².